The molecule has 2 saturated heterocycles. The predicted octanol–water partition coefficient (Wildman–Crippen LogP) is 4.14. The van der Waals surface area contributed by atoms with Gasteiger partial charge < -0.3 is 0 Å². The van der Waals surface area contributed by atoms with Gasteiger partial charge >= 0.3 is 0 Å². The fraction of sp³-hybridized carbons (Fsp3) is 0.267. The maximum absolute atomic E-state index is 13.6. The predicted molar refractivity (Wildman–Crippen MR) is 149 cm³/mol. The van der Waals surface area contributed by atoms with Crippen molar-refractivity contribution in [3.8, 4) is 0 Å². The molecule has 2 unspecified atom stereocenters. The molecule has 2 aliphatic heterocycles. The average Bonchev–Trinajstić information content (AvgIpc) is 2.91. The summed E-state index contributed by atoms with van der Waals surface area (Å²) in [6.45, 7) is 0. The second-order valence-corrected chi connectivity index (χ2v) is 11.3. The third kappa shape index (κ3) is 3.16. The van der Waals surface area contributed by atoms with Crippen LogP contribution in [0.5, 0.6) is 0 Å². The number of imide groups is 2. The van der Waals surface area contributed by atoms with Gasteiger partial charge in [0.15, 0.2) is 0 Å². The van der Waals surface area contributed by atoms with E-state index >= 15 is 0 Å². The molecule has 188 valence electrons. The van der Waals surface area contributed by atoms with Crippen LogP contribution in [0.2, 0.25) is 0 Å². The number of nitrogens with zero attached hydrogens (tertiary/aromatic N) is 2. The third-order valence-corrected chi connectivity index (χ3v) is 9.44. The lowest BCUT2D eigenvalue weighted by Gasteiger charge is -2.45. The van der Waals surface area contributed by atoms with Crippen molar-refractivity contribution in [2.75, 3.05) is 0 Å². The van der Waals surface area contributed by atoms with Crippen molar-refractivity contribution in [2.45, 2.75) is 49.6 Å². The molecule has 4 amide bonds. The molecule has 2 aromatic carbocycles. The molecule has 8 heteroatoms. The zero-order chi connectivity index (χ0) is 26.3. The Bertz CT molecular complexity index is 1460. The first-order chi connectivity index (χ1) is 18.4. The van der Waals surface area contributed by atoms with Gasteiger partial charge in [0.2, 0.25) is 11.8 Å². The summed E-state index contributed by atoms with van der Waals surface area (Å²) in [4.78, 5) is 57.7. The zero-order valence-electron chi connectivity index (χ0n) is 20.3. The maximum Gasteiger partial charge on any atom is 0.261 e. The van der Waals surface area contributed by atoms with E-state index in [0.29, 0.717) is 46.6 Å². The number of amides is 4. The van der Waals surface area contributed by atoms with E-state index < -0.39 is 11.8 Å². The monoisotopic (exact) mass is 538 g/mol. The highest BCUT2D eigenvalue weighted by Gasteiger charge is 2.51. The van der Waals surface area contributed by atoms with E-state index in [4.69, 9.17) is 24.4 Å². The number of carbonyl (C=O) groups excluding carboxylic acids is 4. The van der Waals surface area contributed by atoms with E-state index in [2.05, 4.69) is 0 Å². The van der Waals surface area contributed by atoms with Crippen LogP contribution < -0.4 is 0 Å². The summed E-state index contributed by atoms with van der Waals surface area (Å²) >= 11 is 11.1. The number of hydrogen-bond donors (Lipinski definition) is 0. The number of benzene rings is 2. The number of piperidine rings is 2. The molecule has 0 aromatic heterocycles. The van der Waals surface area contributed by atoms with E-state index in [1.54, 1.807) is 12.2 Å². The lowest BCUT2D eigenvalue weighted by molar-refractivity contribution is -0.151. The molecule has 3 aliphatic carbocycles. The fourth-order valence-electron chi connectivity index (χ4n) is 6.69. The molecule has 2 heterocycles. The Morgan fingerprint density at radius 2 is 0.947 bits per heavy atom. The van der Waals surface area contributed by atoms with E-state index in [1.807, 2.05) is 48.5 Å². The van der Waals surface area contributed by atoms with Crippen LogP contribution in [0.15, 0.2) is 59.7 Å². The Morgan fingerprint density at radius 3 is 1.34 bits per heavy atom. The highest BCUT2D eigenvalue weighted by molar-refractivity contribution is 7.81. The molecule has 4 bridgehead atoms. The highest BCUT2D eigenvalue weighted by atomic mass is 32.1. The summed E-state index contributed by atoms with van der Waals surface area (Å²) in [5.41, 5.74) is 4.20. The molecule has 7 rings (SSSR count). The van der Waals surface area contributed by atoms with Crippen molar-refractivity contribution in [1.82, 2.24) is 9.80 Å². The van der Waals surface area contributed by atoms with Crippen LogP contribution in [-0.4, -0.2) is 55.2 Å². The molecular formula is C30H22N2O4S2. The molecule has 0 spiro atoms. The van der Waals surface area contributed by atoms with Crippen molar-refractivity contribution in [3.05, 3.63) is 81.9 Å². The first-order valence-electron chi connectivity index (χ1n) is 12.8. The summed E-state index contributed by atoms with van der Waals surface area (Å²) in [6, 6.07) is 14.5. The first-order valence-corrected chi connectivity index (χ1v) is 13.6. The minimum Gasteiger partial charge on any atom is -0.275 e. The lowest BCUT2D eigenvalue weighted by atomic mass is 9.76. The molecule has 2 atom stereocenters. The van der Waals surface area contributed by atoms with Gasteiger partial charge in [0.05, 0.1) is 11.1 Å². The van der Waals surface area contributed by atoms with Gasteiger partial charge in [-0.2, -0.15) is 0 Å². The number of carbonyl (C=O) groups is 4. The van der Waals surface area contributed by atoms with Gasteiger partial charge in [-0.15, -0.1) is 0 Å². The first kappa shape index (κ1) is 23.5. The summed E-state index contributed by atoms with van der Waals surface area (Å²) < 4.78 is 0. The highest BCUT2D eigenvalue weighted by Crippen LogP contribution is 2.43. The van der Waals surface area contributed by atoms with Crippen molar-refractivity contribution < 1.29 is 19.2 Å². The van der Waals surface area contributed by atoms with Gasteiger partial charge in [-0.3, -0.25) is 29.0 Å². The zero-order valence-corrected chi connectivity index (χ0v) is 21.9. The summed E-state index contributed by atoms with van der Waals surface area (Å²) in [6.07, 6.45) is 5.63. The van der Waals surface area contributed by atoms with Gasteiger partial charge in [0.1, 0.15) is 11.8 Å². The number of likely N-dealkylation sites (tertiary alicyclic amines) is 2. The third-order valence-electron chi connectivity index (χ3n) is 8.53. The van der Waals surface area contributed by atoms with E-state index in [9.17, 15) is 19.2 Å². The Labute approximate surface area is 230 Å². The van der Waals surface area contributed by atoms with Gasteiger partial charge in [-0.1, -0.05) is 73.0 Å². The Morgan fingerprint density at radius 1 is 0.579 bits per heavy atom. The van der Waals surface area contributed by atoms with Crippen LogP contribution in [0.25, 0.3) is 12.2 Å². The van der Waals surface area contributed by atoms with Crippen LogP contribution in [0, 0.1) is 0 Å². The van der Waals surface area contributed by atoms with Crippen molar-refractivity contribution in [3.63, 3.8) is 0 Å². The normalized spacial score (nSPS) is 28.1. The van der Waals surface area contributed by atoms with Crippen LogP contribution >= 0.6 is 24.4 Å². The van der Waals surface area contributed by atoms with E-state index in [-0.39, 0.29) is 35.7 Å². The quantitative estimate of drug-likeness (QED) is 0.423. The topological polar surface area (TPSA) is 74.8 Å². The lowest BCUT2D eigenvalue weighted by Crippen LogP contribution is -2.58. The van der Waals surface area contributed by atoms with E-state index in [0.717, 1.165) is 22.3 Å². The molecule has 5 aliphatic rings. The second kappa shape index (κ2) is 8.44. The summed E-state index contributed by atoms with van der Waals surface area (Å²) in [5.74, 6) is -2.51. The molecule has 0 N–H and O–H groups in total. The standard InChI is InChI=1S/C30H22N2O4S2/c33-27-21-13-15-5-1-3-7-19(15)23(25(21)37)29(35)31(27)17-9-11-18(12-10-17)32-28(34)22-14-16-6-2-4-8-20(16)24(26(22)38)30(32)36/h1-8,13-14,17-18,23-24H,9-12H2. The number of thiocarbonyl (C=S) groups is 2. The average molecular weight is 539 g/mol. The molecule has 6 nitrogen and oxygen atoms in total. The van der Waals surface area contributed by atoms with Gasteiger partial charge in [-0.25, -0.2) is 0 Å². The Hall–Kier alpha value is -3.62. The summed E-state index contributed by atoms with van der Waals surface area (Å²) in [7, 11) is 0. The maximum atomic E-state index is 13.6. The van der Waals surface area contributed by atoms with Gasteiger partial charge in [0.25, 0.3) is 11.8 Å². The fourth-order valence-corrected chi connectivity index (χ4v) is 7.43. The van der Waals surface area contributed by atoms with Gasteiger partial charge in [0, 0.05) is 21.8 Å². The molecule has 38 heavy (non-hydrogen) atoms. The molecule has 2 aromatic rings. The minimum atomic E-state index is -0.630. The molecule has 0 radical (unpaired) electrons. The Kier molecular flexibility index (Phi) is 5.22. The van der Waals surface area contributed by atoms with Crippen LogP contribution in [-0.2, 0) is 19.2 Å². The smallest absolute Gasteiger partial charge is 0.261 e. The number of fused-ring (bicyclic) bond motifs is 8. The molecule has 3 fully saturated rings. The SMILES string of the molecule is O=C1C2=Cc3ccccc3C(C(=O)N1C1CCC(N3C(=O)C4=Cc5ccccc5C(C3=O)C4=S)CC1)C2=S. The van der Waals surface area contributed by atoms with Crippen LogP contribution in [0.1, 0.15) is 59.8 Å². The van der Waals surface area contributed by atoms with Crippen LogP contribution in [0.3, 0.4) is 0 Å². The minimum absolute atomic E-state index is 0.278. The van der Waals surface area contributed by atoms with Crippen molar-refractivity contribution in [2.24, 2.45) is 0 Å². The second-order valence-electron chi connectivity index (χ2n) is 10.5. The van der Waals surface area contributed by atoms with Crippen LogP contribution in [0.4, 0.5) is 0 Å². The number of rotatable bonds is 2. The molecule has 1 saturated carbocycles. The van der Waals surface area contributed by atoms with Gasteiger partial charge in [-0.05, 0) is 60.1 Å². The summed E-state index contributed by atoms with van der Waals surface area (Å²) in [5, 5.41) is 0. The number of hydrogen-bond acceptors (Lipinski definition) is 6. The molecular weight excluding hydrogens is 516 g/mol. The van der Waals surface area contributed by atoms with Crippen molar-refractivity contribution in [1.29, 1.82) is 0 Å². The van der Waals surface area contributed by atoms with E-state index in [1.165, 1.54) is 9.80 Å². The Balaban J connectivity index is 1.14. The largest absolute Gasteiger partial charge is 0.275 e. The van der Waals surface area contributed by atoms with Crippen molar-refractivity contribution >= 4 is 69.9 Å².